The van der Waals surface area contributed by atoms with Crippen LogP contribution in [0.5, 0.6) is 0 Å². The number of carbonyl (C=O) groups is 3. The lowest BCUT2D eigenvalue weighted by Crippen LogP contribution is -2.30. The molecular formula is C63H104O6. The molecule has 6 nitrogen and oxygen atoms in total. The average molecular weight is 958 g/mol. The Morgan fingerprint density at radius 2 is 0.580 bits per heavy atom. The Labute approximate surface area is 425 Å². The summed E-state index contributed by atoms with van der Waals surface area (Å²) in [5, 5.41) is 0. The van der Waals surface area contributed by atoms with Gasteiger partial charge in [0.1, 0.15) is 13.2 Å². The van der Waals surface area contributed by atoms with Gasteiger partial charge in [-0.15, -0.1) is 0 Å². The van der Waals surface area contributed by atoms with Crippen LogP contribution in [0.1, 0.15) is 252 Å². The quantitative estimate of drug-likeness (QED) is 0.0262. The minimum absolute atomic E-state index is 0.0853. The molecule has 0 aromatic rings. The Balaban J connectivity index is 4.20. The molecule has 0 heterocycles. The van der Waals surface area contributed by atoms with Crippen LogP contribution in [-0.4, -0.2) is 37.2 Å². The molecule has 1 atom stereocenters. The van der Waals surface area contributed by atoms with E-state index in [1.165, 1.54) is 77.0 Å². The second-order valence-electron chi connectivity index (χ2n) is 18.5. The van der Waals surface area contributed by atoms with E-state index in [1.807, 2.05) is 0 Å². The first-order valence-corrected chi connectivity index (χ1v) is 28.4. The largest absolute Gasteiger partial charge is 0.462 e. The molecule has 0 rings (SSSR count). The van der Waals surface area contributed by atoms with Crippen molar-refractivity contribution in [1.29, 1.82) is 0 Å². The summed E-state index contributed by atoms with van der Waals surface area (Å²) in [5.74, 6) is -0.916. The molecule has 0 spiro atoms. The molecule has 0 amide bonds. The first-order valence-electron chi connectivity index (χ1n) is 28.4. The molecule has 69 heavy (non-hydrogen) atoms. The highest BCUT2D eigenvalue weighted by molar-refractivity contribution is 5.71. The fourth-order valence-electron chi connectivity index (χ4n) is 7.50. The van der Waals surface area contributed by atoms with Crippen LogP contribution in [0.4, 0.5) is 0 Å². The lowest BCUT2D eigenvalue weighted by Gasteiger charge is -2.18. The van der Waals surface area contributed by atoms with Crippen LogP contribution in [0, 0.1) is 0 Å². The van der Waals surface area contributed by atoms with Gasteiger partial charge in [0.05, 0.1) is 0 Å². The van der Waals surface area contributed by atoms with Crippen molar-refractivity contribution in [3.8, 4) is 0 Å². The van der Waals surface area contributed by atoms with Gasteiger partial charge in [0.2, 0.25) is 0 Å². The van der Waals surface area contributed by atoms with E-state index in [-0.39, 0.29) is 31.1 Å². The van der Waals surface area contributed by atoms with E-state index in [0.717, 1.165) is 135 Å². The van der Waals surface area contributed by atoms with Gasteiger partial charge >= 0.3 is 17.9 Å². The third kappa shape index (κ3) is 54.9. The molecule has 0 radical (unpaired) electrons. The molecule has 392 valence electrons. The monoisotopic (exact) mass is 957 g/mol. The van der Waals surface area contributed by atoms with Crippen LogP contribution in [0.3, 0.4) is 0 Å². The maximum atomic E-state index is 12.8. The van der Waals surface area contributed by atoms with Crippen molar-refractivity contribution in [2.45, 2.75) is 258 Å². The highest BCUT2D eigenvalue weighted by Crippen LogP contribution is 2.14. The van der Waals surface area contributed by atoms with E-state index >= 15 is 0 Å². The van der Waals surface area contributed by atoms with E-state index in [0.29, 0.717) is 19.3 Å². The third-order valence-corrected chi connectivity index (χ3v) is 11.8. The first-order chi connectivity index (χ1) is 34.0. The number of hydrogen-bond acceptors (Lipinski definition) is 6. The van der Waals surface area contributed by atoms with E-state index in [9.17, 15) is 14.4 Å². The van der Waals surface area contributed by atoms with Crippen LogP contribution < -0.4 is 0 Å². The molecule has 0 aliphatic heterocycles. The number of esters is 3. The van der Waals surface area contributed by atoms with Crippen LogP contribution in [0.15, 0.2) is 109 Å². The lowest BCUT2D eigenvalue weighted by molar-refractivity contribution is -0.167. The maximum Gasteiger partial charge on any atom is 0.306 e. The van der Waals surface area contributed by atoms with Crippen molar-refractivity contribution in [2.75, 3.05) is 13.2 Å². The topological polar surface area (TPSA) is 78.9 Å². The summed E-state index contributed by atoms with van der Waals surface area (Å²) >= 11 is 0. The minimum atomic E-state index is -0.786. The lowest BCUT2D eigenvalue weighted by atomic mass is 10.1. The van der Waals surface area contributed by atoms with Gasteiger partial charge < -0.3 is 14.2 Å². The molecule has 1 unspecified atom stereocenters. The molecule has 6 heteroatoms. The Hall–Kier alpha value is -3.93. The van der Waals surface area contributed by atoms with Crippen molar-refractivity contribution in [3.05, 3.63) is 109 Å². The van der Waals surface area contributed by atoms with Crippen LogP contribution in [0.25, 0.3) is 0 Å². The van der Waals surface area contributed by atoms with Gasteiger partial charge in [-0.3, -0.25) is 14.4 Å². The number of unbranched alkanes of at least 4 members (excludes halogenated alkanes) is 21. The predicted molar refractivity (Wildman–Crippen MR) is 297 cm³/mol. The van der Waals surface area contributed by atoms with E-state index < -0.39 is 6.10 Å². The molecule has 0 aliphatic carbocycles. The Bertz CT molecular complexity index is 1420. The van der Waals surface area contributed by atoms with Crippen LogP contribution in [0.2, 0.25) is 0 Å². The predicted octanol–water partition coefficient (Wildman–Crippen LogP) is 19.1. The van der Waals surface area contributed by atoms with Gasteiger partial charge in [0.15, 0.2) is 6.10 Å². The highest BCUT2D eigenvalue weighted by atomic mass is 16.6. The van der Waals surface area contributed by atoms with E-state index in [1.54, 1.807) is 0 Å². The van der Waals surface area contributed by atoms with Gasteiger partial charge in [-0.2, -0.15) is 0 Å². The van der Waals surface area contributed by atoms with Gasteiger partial charge in [0.25, 0.3) is 0 Å². The average Bonchev–Trinajstić information content (AvgIpc) is 3.35. The summed E-state index contributed by atoms with van der Waals surface area (Å²) in [7, 11) is 0. The molecular weight excluding hydrogens is 853 g/mol. The summed E-state index contributed by atoms with van der Waals surface area (Å²) in [6.45, 7) is 6.44. The summed E-state index contributed by atoms with van der Waals surface area (Å²) in [6.07, 6.45) is 76.7. The molecule has 0 N–H and O–H groups in total. The zero-order chi connectivity index (χ0) is 50.0. The number of ether oxygens (including phenoxy) is 3. The van der Waals surface area contributed by atoms with E-state index in [4.69, 9.17) is 14.2 Å². The van der Waals surface area contributed by atoms with Gasteiger partial charge in [-0.05, 0) is 103 Å². The molecule has 0 aliphatic rings. The molecule has 0 aromatic carbocycles. The maximum absolute atomic E-state index is 12.8. The Kier molecular flexibility index (Phi) is 53.4. The molecule has 0 fully saturated rings. The number of rotatable bonds is 50. The third-order valence-electron chi connectivity index (χ3n) is 11.8. The number of allylic oxidation sites excluding steroid dienone is 18. The van der Waals surface area contributed by atoms with Gasteiger partial charge in [-0.1, -0.05) is 239 Å². The van der Waals surface area contributed by atoms with Crippen molar-refractivity contribution >= 4 is 17.9 Å². The fourth-order valence-corrected chi connectivity index (χ4v) is 7.50. The van der Waals surface area contributed by atoms with Crippen molar-refractivity contribution in [1.82, 2.24) is 0 Å². The smallest absolute Gasteiger partial charge is 0.306 e. The highest BCUT2D eigenvalue weighted by Gasteiger charge is 2.19. The summed E-state index contributed by atoms with van der Waals surface area (Å²) in [6, 6.07) is 0. The molecule has 0 saturated heterocycles. The SMILES string of the molecule is CC/C=C\C/C=C\C/C=C\C/C=C\C/C=C\C/C=C\C/C=C\C/C=C\CCCCCCCCC(=O)OCC(COC(=O)CCCCCCCCCCC)OC(=O)CCCCCCC/C=C\CCCC. The van der Waals surface area contributed by atoms with Crippen LogP contribution in [-0.2, 0) is 28.6 Å². The zero-order valence-electron chi connectivity index (χ0n) is 44.8. The normalized spacial score (nSPS) is 12.9. The summed E-state index contributed by atoms with van der Waals surface area (Å²) in [5.41, 5.74) is 0. The number of carbonyl (C=O) groups excluding carboxylic acids is 3. The van der Waals surface area contributed by atoms with Gasteiger partial charge in [-0.25, -0.2) is 0 Å². The summed E-state index contributed by atoms with van der Waals surface area (Å²) < 4.78 is 16.7. The van der Waals surface area contributed by atoms with Crippen LogP contribution >= 0.6 is 0 Å². The molecule has 0 saturated carbocycles. The fraction of sp³-hybridized carbons (Fsp3) is 0.667. The minimum Gasteiger partial charge on any atom is -0.462 e. The Morgan fingerprint density at radius 1 is 0.304 bits per heavy atom. The Morgan fingerprint density at radius 3 is 0.942 bits per heavy atom. The van der Waals surface area contributed by atoms with Crippen molar-refractivity contribution in [2.24, 2.45) is 0 Å². The first kappa shape index (κ1) is 65.1. The second-order valence-corrected chi connectivity index (χ2v) is 18.5. The zero-order valence-corrected chi connectivity index (χ0v) is 44.8. The number of hydrogen-bond donors (Lipinski definition) is 0. The molecule has 0 aromatic heterocycles. The van der Waals surface area contributed by atoms with Crippen molar-refractivity contribution in [3.63, 3.8) is 0 Å². The summed E-state index contributed by atoms with van der Waals surface area (Å²) in [4.78, 5) is 37.9. The molecule has 0 bridgehead atoms. The van der Waals surface area contributed by atoms with E-state index in [2.05, 4.69) is 130 Å². The van der Waals surface area contributed by atoms with Gasteiger partial charge in [0, 0.05) is 19.3 Å². The van der Waals surface area contributed by atoms with Crippen molar-refractivity contribution < 1.29 is 28.6 Å². The second kappa shape index (κ2) is 56.7. The standard InChI is InChI=1S/C63H104O6/c1-4-7-10-13-16-19-21-22-23-24-25-26-27-28-29-30-31-32-33-34-35-36-37-38-39-40-42-44-47-50-53-56-62(65)68-59-60(58-67-61(64)55-52-49-46-43-18-15-12-9-6-3)69-63(66)57-54-51-48-45-41-20-17-14-11-8-5-2/h7,10,14,16-17,19,22-23,25-26,28-29,31-32,34-35,37-38,60H,4-6,8-9,11-13,15,18,20-21,24,27,30,33,36,39-59H2,1-3H3/b10-7-,17-14-,19-16-,23-22-,26-25-,29-28-,32-31-,35-34-,38-37-.